The van der Waals surface area contributed by atoms with Crippen LogP contribution in [-0.2, 0) is 14.3 Å². The van der Waals surface area contributed by atoms with Gasteiger partial charge in [0.05, 0.1) is 0 Å². The fourth-order valence-electron chi connectivity index (χ4n) is 3.05. The Morgan fingerprint density at radius 3 is 2.72 bits per heavy atom. The van der Waals surface area contributed by atoms with Gasteiger partial charge in [-0.3, -0.25) is 9.59 Å². The Bertz CT molecular complexity index is 536. The maximum atomic E-state index is 12.0. The lowest BCUT2D eigenvalue weighted by Crippen LogP contribution is -2.64. The van der Waals surface area contributed by atoms with Crippen LogP contribution in [0.2, 0.25) is 0 Å². The number of hydrogen-bond acceptors (Lipinski definition) is 4. The van der Waals surface area contributed by atoms with E-state index in [1.165, 1.54) is 13.8 Å². The third-order valence-electron chi connectivity index (χ3n) is 3.88. The van der Waals surface area contributed by atoms with Crippen LogP contribution in [0.15, 0.2) is 24.3 Å². The van der Waals surface area contributed by atoms with Crippen LogP contribution < -0.4 is 4.74 Å². The van der Waals surface area contributed by atoms with Crippen molar-refractivity contribution < 1.29 is 19.1 Å². The number of hydrogen-bond donors (Lipinski definition) is 0. The predicted octanol–water partition coefficient (Wildman–Crippen LogP) is 1.83. The van der Waals surface area contributed by atoms with E-state index in [1.807, 2.05) is 24.3 Å². The van der Waals surface area contributed by atoms with E-state index in [2.05, 4.69) is 0 Å². The lowest BCUT2D eigenvalue weighted by atomic mass is 9.63. The first kappa shape index (κ1) is 11.3. The van der Waals surface area contributed by atoms with Crippen LogP contribution in [-0.4, -0.2) is 23.5 Å². The SMILES string of the molecule is CC(=O)OC1CC2c3ccccc3OC12C(C)=O. The van der Waals surface area contributed by atoms with Crippen molar-refractivity contribution in [1.29, 1.82) is 0 Å². The van der Waals surface area contributed by atoms with Gasteiger partial charge in [0.25, 0.3) is 0 Å². The van der Waals surface area contributed by atoms with E-state index < -0.39 is 11.7 Å². The molecule has 0 aromatic heterocycles. The molecule has 2 aliphatic rings. The molecule has 1 heterocycles. The number of fused-ring (bicyclic) bond motifs is 3. The molecule has 0 bridgehead atoms. The topological polar surface area (TPSA) is 52.6 Å². The number of para-hydroxylation sites is 1. The molecule has 1 saturated carbocycles. The number of carbonyl (C=O) groups is 2. The van der Waals surface area contributed by atoms with E-state index in [4.69, 9.17) is 9.47 Å². The minimum atomic E-state index is -0.991. The maximum absolute atomic E-state index is 12.0. The highest BCUT2D eigenvalue weighted by molar-refractivity contribution is 5.91. The molecule has 18 heavy (non-hydrogen) atoms. The third-order valence-corrected chi connectivity index (χ3v) is 3.88. The molecule has 1 aliphatic heterocycles. The zero-order valence-corrected chi connectivity index (χ0v) is 10.3. The van der Waals surface area contributed by atoms with Gasteiger partial charge in [0.1, 0.15) is 11.9 Å². The molecule has 3 atom stereocenters. The minimum Gasteiger partial charge on any atom is -0.475 e. The summed E-state index contributed by atoms with van der Waals surface area (Å²) in [6, 6.07) is 7.62. The van der Waals surface area contributed by atoms with Crippen LogP contribution in [0.1, 0.15) is 31.7 Å². The first-order valence-electron chi connectivity index (χ1n) is 6.02. The predicted molar refractivity (Wildman–Crippen MR) is 63.4 cm³/mol. The molecule has 0 N–H and O–H groups in total. The largest absolute Gasteiger partial charge is 0.475 e. The molecule has 1 aliphatic carbocycles. The van der Waals surface area contributed by atoms with Crippen molar-refractivity contribution in [3.8, 4) is 5.75 Å². The molecule has 0 saturated heterocycles. The maximum Gasteiger partial charge on any atom is 0.303 e. The highest BCUT2D eigenvalue weighted by Gasteiger charge is 2.67. The first-order chi connectivity index (χ1) is 8.55. The van der Waals surface area contributed by atoms with Crippen molar-refractivity contribution in [2.45, 2.75) is 37.9 Å². The summed E-state index contributed by atoms with van der Waals surface area (Å²) in [5.41, 5.74) is 0.0473. The average molecular weight is 246 g/mol. The third kappa shape index (κ3) is 1.26. The highest BCUT2D eigenvalue weighted by Crippen LogP contribution is 2.58. The molecule has 1 fully saturated rings. The van der Waals surface area contributed by atoms with Crippen LogP contribution >= 0.6 is 0 Å². The zero-order chi connectivity index (χ0) is 12.9. The second kappa shape index (κ2) is 3.57. The summed E-state index contributed by atoms with van der Waals surface area (Å²) >= 11 is 0. The Balaban J connectivity index is 1.99. The Morgan fingerprint density at radius 2 is 2.06 bits per heavy atom. The molecule has 1 aromatic rings. The number of carbonyl (C=O) groups excluding carboxylic acids is 2. The molecule has 3 rings (SSSR count). The monoisotopic (exact) mass is 246 g/mol. The standard InChI is InChI=1S/C14H14O4/c1-8(15)14-11(7-13(14)17-9(2)16)10-5-3-4-6-12(10)18-14/h3-6,11,13H,7H2,1-2H3. The van der Waals surface area contributed by atoms with Gasteiger partial charge >= 0.3 is 5.97 Å². The summed E-state index contributed by atoms with van der Waals surface area (Å²) in [7, 11) is 0. The Kier molecular flexibility index (Phi) is 2.24. The van der Waals surface area contributed by atoms with E-state index in [0.29, 0.717) is 6.42 Å². The van der Waals surface area contributed by atoms with Gasteiger partial charge < -0.3 is 9.47 Å². The van der Waals surface area contributed by atoms with Crippen LogP contribution in [0.3, 0.4) is 0 Å². The average Bonchev–Trinajstić information content (AvgIpc) is 2.56. The summed E-state index contributed by atoms with van der Waals surface area (Å²) in [6.07, 6.45) is 0.181. The van der Waals surface area contributed by atoms with Crippen molar-refractivity contribution in [1.82, 2.24) is 0 Å². The fraction of sp³-hybridized carbons (Fsp3) is 0.429. The summed E-state index contributed by atoms with van der Waals surface area (Å²) in [5.74, 6) is 0.280. The van der Waals surface area contributed by atoms with Gasteiger partial charge in [-0.2, -0.15) is 0 Å². The quantitative estimate of drug-likeness (QED) is 0.747. The van der Waals surface area contributed by atoms with Gasteiger partial charge in [-0.05, 0) is 13.0 Å². The van der Waals surface area contributed by atoms with E-state index >= 15 is 0 Å². The van der Waals surface area contributed by atoms with Crippen molar-refractivity contribution in [3.05, 3.63) is 29.8 Å². The van der Waals surface area contributed by atoms with Crippen molar-refractivity contribution in [2.24, 2.45) is 0 Å². The van der Waals surface area contributed by atoms with Crippen LogP contribution in [0.25, 0.3) is 0 Å². The Labute approximate surface area is 105 Å². The molecule has 94 valence electrons. The zero-order valence-electron chi connectivity index (χ0n) is 10.3. The number of benzene rings is 1. The second-order valence-corrected chi connectivity index (χ2v) is 4.88. The minimum absolute atomic E-state index is 0.00977. The molecule has 4 heteroatoms. The number of ketones is 1. The van der Waals surface area contributed by atoms with Crippen LogP contribution in [0.5, 0.6) is 5.75 Å². The summed E-state index contributed by atoms with van der Waals surface area (Å²) in [5, 5.41) is 0. The van der Waals surface area contributed by atoms with Crippen molar-refractivity contribution in [3.63, 3.8) is 0 Å². The van der Waals surface area contributed by atoms with Gasteiger partial charge in [0.2, 0.25) is 5.60 Å². The second-order valence-electron chi connectivity index (χ2n) is 4.88. The van der Waals surface area contributed by atoms with Gasteiger partial charge in [-0.25, -0.2) is 0 Å². The molecule has 4 nitrogen and oxygen atoms in total. The normalized spacial score (nSPS) is 31.7. The van der Waals surface area contributed by atoms with E-state index in [-0.39, 0.29) is 17.7 Å². The highest BCUT2D eigenvalue weighted by atomic mass is 16.6. The molecule has 0 amide bonds. The molecule has 1 aromatic carbocycles. The van der Waals surface area contributed by atoms with Gasteiger partial charge in [-0.15, -0.1) is 0 Å². The molecule has 0 radical (unpaired) electrons. The first-order valence-corrected chi connectivity index (χ1v) is 6.02. The lowest BCUT2D eigenvalue weighted by Gasteiger charge is -2.47. The molecular formula is C14H14O4. The van der Waals surface area contributed by atoms with Gasteiger partial charge in [0.15, 0.2) is 5.78 Å². The van der Waals surface area contributed by atoms with E-state index in [0.717, 1.165) is 11.3 Å². The van der Waals surface area contributed by atoms with E-state index in [9.17, 15) is 9.59 Å². The molecule has 0 spiro atoms. The molecule has 3 unspecified atom stereocenters. The van der Waals surface area contributed by atoms with Gasteiger partial charge in [0, 0.05) is 24.8 Å². The van der Waals surface area contributed by atoms with Crippen molar-refractivity contribution >= 4 is 11.8 Å². The van der Waals surface area contributed by atoms with E-state index in [1.54, 1.807) is 0 Å². The summed E-state index contributed by atoms with van der Waals surface area (Å²) in [6.45, 7) is 2.85. The summed E-state index contributed by atoms with van der Waals surface area (Å²) in [4.78, 5) is 23.1. The Hall–Kier alpha value is -1.84. The number of Topliss-reactive ketones (excluding diaryl/α,β-unsaturated/α-hetero) is 1. The smallest absolute Gasteiger partial charge is 0.303 e. The molecular weight excluding hydrogens is 232 g/mol. The fourth-order valence-corrected chi connectivity index (χ4v) is 3.05. The summed E-state index contributed by atoms with van der Waals surface area (Å²) < 4.78 is 11.1. The lowest BCUT2D eigenvalue weighted by molar-refractivity contribution is -0.184. The number of ether oxygens (including phenoxy) is 2. The van der Waals surface area contributed by atoms with Gasteiger partial charge in [-0.1, -0.05) is 18.2 Å². The number of esters is 1. The van der Waals surface area contributed by atoms with Crippen molar-refractivity contribution in [2.75, 3.05) is 0 Å². The Morgan fingerprint density at radius 1 is 1.33 bits per heavy atom. The number of rotatable bonds is 2. The van der Waals surface area contributed by atoms with Crippen LogP contribution in [0, 0.1) is 0 Å². The van der Waals surface area contributed by atoms with Crippen LogP contribution in [0.4, 0.5) is 0 Å².